The number of ether oxygens (including phenoxy) is 1. The van der Waals surface area contributed by atoms with E-state index in [1.54, 1.807) is 23.1 Å². The van der Waals surface area contributed by atoms with E-state index < -0.39 is 0 Å². The van der Waals surface area contributed by atoms with Crippen LogP contribution in [-0.4, -0.2) is 45.4 Å². The van der Waals surface area contributed by atoms with Crippen molar-refractivity contribution in [2.45, 2.75) is 5.16 Å². The average molecular weight is 297 g/mol. The molecule has 3 heterocycles. The second-order valence-corrected chi connectivity index (χ2v) is 6.67. The fourth-order valence-corrected chi connectivity index (χ4v) is 3.71. The van der Waals surface area contributed by atoms with Crippen molar-refractivity contribution in [3.05, 3.63) is 17.5 Å². The topological polar surface area (TPSA) is 60.2 Å². The van der Waals surface area contributed by atoms with Gasteiger partial charge in [0.1, 0.15) is 0 Å². The van der Waals surface area contributed by atoms with E-state index in [1.165, 1.54) is 0 Å². The van der Waals surface area contributed by atoms with E-state index in [1.807, 2.05) is 29.1 Å². The highest BCUT2D eigenvalue weighted by Gasteiger charge is 2.38. The Balaban J connectivity index is 1.72. The summed E-state index contributed by atoms with van der Waals surface area (Å²) in [5, 5.41) is 20.8. The van der Waals surface area contributed by atoms with Crippen molar-refractivity contribution in [1.29, 1.82) is 0 Å². The van der Waals surface area contributed by atoms with Gasteiger partial charge in [0.25, 0.3) is 0 Å². The Morgan fingerprint density at radius 3 is 2.95 bits per heavy atom. The molecule has 2 aromatic heterocycles. The predicted molar refractivity (Wildman–Crippen MR) is 75.4 cm³/mol. The zero-order valence-electron chi connectivity index (χ0n) is 10.6. The lowest BCUT2D eigenvalue weighted by atomic mass is 9.90. The summed E-state index contributed by atoms with van der Waals surface area (Å²) in [7, 11) is 1.97. The zero-order valence-corrected chi connectivity index (χ0v) is 12.2. The molecule has 1 N–H and O–H groups in total. The first-order valence-electron chi connectivity index (χ1n) is 5.99. The van der Waals surface area contributed by atoms with Crippen LogP contribution in [0.3, 0.4) is 0 Å². The summed E-state index contributed by atoms with van der Waals surface area (Å²) in [5.74, 6) is 1.69. The van der Waals surface area contributed by atoms with Crippen LogP contribution >= 0.6 is 23.1 Å². The van der Waals surface area contributed by atoms with Gasteiger partial charge in [-0.15, -0.1) is 21.5 Å². The molecule has 0 amide bonds. The van der Waals surface area contributed by atoms with Gasteiger partial charge in [0.2, 0.25) is 0 Å². The molecule has 1 saturated heterocycles. The van der Waals surface area contributed by atoms with Gasteiger partial charge in [0, 0.05) is 18.2 Å². The third kappa shape index (κ3) is 2.43. The van der Waals surface area contributed by atoms with Crippen LogP contribution in [0.2, 0.25) is 0 Å². The number of thioether (sulfide) groups is 1. The van der Waals surface area contributed by atoms with E-state index in [4.69, 9.17) is 4.74 Å². The number of thiophene rings is 1. The predicted octanol–water partition coefficient (Wildman–Crippen LogP) is 1.64. The highest BCUT2D eigenvalue weighted by molar-refractivity contribution is 7.99. The fourth-order valence-electron chi connectivity index (χ4n) is 1.89. The molecule has 0 atom stereocenters. The summed E-state index contributed by atoms with van der Waals surface area (Å²) in [6.45, 7) is 1.42. The van der Waals surface area contributed by atoms with Crippen LogP contribution in [-0.2, 0) is 11.8 Å². The van der Waals surface area contributed by atoms with Gasteiger partial charge in [-0.2, -0.15) is 0 Å². The zero-order chi connectivity index (χ0) is 13.3. The van der Waals surface area contributed by atoms with E-state index in [2.05, 4.69) is 10.2 Å². The van der Waals surface area contributed by atoms with E-state index in [-0.39, 0.29) is 12.0 Å². The molecule has 0 bridgehead atoms. The quantitative estimate of drug-likeness (QED) is 0.850. The molecule has 5 nitrogen and oxygen atoms in total. The SMILES string of the molecule is Cn1c(SCC2(CO)COC2)nnc1-c1cccs1. The van der Waals surface area contributed by atoms with E-state index in [9.17, 15) is 5.11 Å². The van der Waals surface area contributed by atoms with Gasteiger partial charge in [0.05, 0.1) is 24.7 Å². The Bertz CT molecular complexity index is 544. The summed E-state index contributed by atoms with van der Waals surface area (Å²) in [5.41, 5.74) is -0.0975. The van der Waals surface area contributed by atoms with Crippen LogP contribution in [0.1, 0.15) is 0 Å². The monoisotopic (exact) mass is 297 g/mol. The van der Waals surface area contributed by atoms with Gasteiger partial charge < -0.3 is 14.4 Å². The average Bonchev–Trinajstić information content (AvgIpc) is 2.99. The maximum Gasteiger partial charge on any atom is 0.191 e. The Hall–Kier alpha value is -0.890. The van der Waals surface area contributed by atoms with Gasteiger partial charge >= 0.3 is 0 Å². The van der Waals surface area contributed by atoms with Gasteiger partial charge in [-0.3, -0.25) is 0 Å². The maximum absolute atomic E-state index is 9.40. The molecular formula is C12H15N3O2S2. The van der Waals surface area contributed by atoms with Crippen molar-refractivity contribution in [2.24, 2.45) is 12.5 Å². The molecule has 19 heavy (non-hydrogen) atoms. The lowest BCUT2D eigenvalue weighted by Gasteiger charge is -2.39. The second-order valence-electron chi connectivity index (χ2n) is 4.78. The number of aromatic nitrogens is 3. The molecule has 3 rings (SSSR count). The van der Waals surface area contributed by atoms with E-state index in [0.29, 0.717) is 13.2 Å². The van der Waals surface area contributed by atoms with Crippen molar-refractivity contribution in [2.75, 3.05) is 25.6 Å². The van der Waals surface area contributed by atoms with Crippen LogP contribution in [0, 0.1) is 5.41 Å². The number of rotatable bonds is 5. The largest absolute Gasteiger partial charge is 0.396 e. The molecule has 0 aromatic carbocycles. The third-order valence-electron chi connectivity index (χ3n) is 3.24. The number of aliphatic hydroxyl groups is 1. The smallest absolute Gasteiger partial charge is 0.191 e. The highest BCUT2D eigenvalue weighted by atomic mass is 32.2. The molecule has 0 spiro atoms. The molecule has 1 fully saturated rings. The van der Waals surface area contributed by atoms with E-state index in [0.717, 1.165) is 21.6 Å². The fraction of sp³-hybridized carbons (Fsp3) is 0.500. The first-order chi connectivity index (χ1) is 9.24. The molecule has 1 aliphatic heterocycles. The summed E-state index contributed by atoms with van der Waals surface area (Å²) in [6.07, 6.45) is 0. The van der Waals surface area contributed by atoms with Crippen LogP contribution in [0.5, 0.6) is 0 Å². The van der Waals surface area contributed by atoms with E-state index >= 15 is 0 Å². The molecule has 0 aliphatic carbocycles. The highest BCUT2D eigenvalue weighted by Crippen LogP contribution is 2.34. The van der Waals surface area contributed by atoms with Crippen LogP contribution < -0.4 is 0 Å². The molecule has 102 valence electrons. The van der Waals surface area contributed by atoms with Crippen LogP contribution in [0.15, 0.2) is 22.7 Å². The summed E-state index contributed by atoms with van der Waals surface area (Å²) < 4.78 is 7.20. The Labute approximate surface area is 119 Å². The van der Waals surface area contributed by atoms with Crippen molar-refractivity contribution >= 4 is 23.1 Å². The van der Waals surface area contributed by atoms with Crippen LogP contribution in [0.25, 0.3) is 10.7 Å². The van der Waals surface area contributed by atoms with Gasteiger partial charge in [0.15, 0.2) is 11.0 Å². The molecule has 1 aliphatic rings. The minimum absolute atomic E-state index is 0.0975. The maximum atomic E-state index is 9.40. The van der Waals surface area contributed by atoms with Gasteiger partial charge in [-0.05, 0) is 11.4 Å². The Morgan fingerprint density at radius 1 is 1.53 bits per heavy atom. The van der Waals surface area contributed by atoms with Gasteiger partial charge in [-0.25, -0.2) is 0 Å². The molecule has 2 aromatic rings. The van der Waals surface area contributed by atoms with Crippen molar-refractivity contribution in [3.63, 3.8) is 0 Å². The number of aliphatic hydroxyl groups excluding tert-OH is 1. The molecule has 0 radical (unpaired) electrons. The van der Waals surface area contributed by atoms with Crippen LogP contribution in [0.4, 0.5) is 0 Å². The first kappa shape index (κ1) is 13.1. The van der Waals surface area contributed by atoms with Crippen molar-refractivity contribution in [3.8, 4) is 10.7 Å². The normalized spacial score (nSPS) is 17.4. The minimum atomic E-state index is -0.0975. The van der Waals surface area contributed by atoms with Crippen molar-refractivity contribution < 1.29 is 9.84 Å². The molecule has 7 heteroatoms. The molecule has 0 unspecified atom stereocenters. The second kappa shape index (κ2) is 5.24. The number of hydrogen-bond donors (Lipinski definition) is 1. The Morgan fingerprint density at radius 2 is 2.37 bits per heavy atom. The minimum Gasteiger partial charge on any atom is -0.396 e. The number of nitrogens with zero attached hydrogens (tertiary/aromatic N) is 3. The van der Waals surface area contributed by atoms with Crippen molar-refractivity contribution in [1.82, 2.24) is 14.8 Å². The first-order valence-corrected chi connectivity index (χ1v) is 7.85. The standard InChI is InChI=1S/C12H15N3O2S2/c1-15-10(9-3-2-4-18-9)13-14-11(15)19-8-12(5-16)6-17-7-12/h2-4,16H,5-8H2,1H3. The third-order valence-corrected chi connectivity index (χ3v) is 5.47. The molecule has 0 saturated carbocycles. The summed E-state index contributed by atoms with van der Waals surface area (Å²) in [6, 6.07) is 4.05. The summed E-state index contributed by atoms with van der Waals surface area (Å²) >= 11 is 3.28. The number of hydrogen-bond acceptors (Lipinski definition) is 6. The Kier molecular flexibility index (Phi) is 3.62. The summed E-state index contributed by atoms with van der Waals surface area (Å²) in [4.78, 5) is 1.12. The molecular weight excluding hydrogens is 282 g/mol. The lowest BCUT2D eigenvalue weighted by Crippen LogP contribution is -2.47. The lowest BCUT2D eigenvalue weighted by molar-refractivity contribution is -0.121. The van der Waals surface area contributed by atoms with Gasteiger partial charge in [-0.1, -0.05) is 17.8 Å².